The molecule has 2 saturated carbocycles. The van der Waals surface area contributed by atoms with Gasteiger partial charge in [-0.2, -0.15) is 0 Å². The largest absolute Gasteiger partial charge is 0.340 e. The van der Waals surface area contributed by atoms with Crippen molar-refractivity contribution < 1.29 is 9.59 Å². The number of H-pyrrole nitrogens is 2. The average molecular weight is 774 g/mol. The molecule has 286 valence electrons. The monoisotopic (exact) mass is 773 g/mol. The Hall–Kier alpha value is -3.86. The van der Waals surface area contributed by atoms with Gasteiger partial charge in [0.15, 0.2) is 5.66 Å². The maximum Gasteiger partial charge on any atom is 0.271 e. The number of carbonyl (C=O) groups is 2. The van der Waals surface area contributed by atoms with Crippen LogP contribution < -0.4 is 0 Å². The molecule has 2 aromatic carbocycles. The second-order valence-corrected chi connectivity index (χ2v) is 20.3. The lowest BCUT2D eigenvalue weighted by atomic mass is 9.84. The van der Waals surface area contributed by atoms with Crippen LogP contribution in [0.15, 0.2) is 48.8 Å². The van der Waals surface area contributed by atoms with Gasteiger partial charge in [0.2, 0.25) is 5.91 Å². The number of imidazole rings is 2. The molecule has 2 aliphatic heterocycles. The number of carbonyl (C=O) groups excluding carboxylic acids is 2. The van der Waals surface area contributed by atoms with Crippen LogP contribution in [0.4, 0.5) is 0 Å². The van der Waals surface area contributed by atoms with E-state index < -0.39 is 7.55 Å². The molecule has 9 rings (SSSR count). The van der Waals surface area contributed by atoms with Gasteiger partial charge in [0.1, 0.15) is 11.6 Å². The molecule has 9 atom stereocenters. The van der Waals surface area contributed by atoms with Crippen molar-refractivity contribution in [2.75, 3.05) is 6.66 Å². The Labute approximate surface area is 328 Å². The number of amides is 2. The summed E-state index contributed by atoms with van der Waals surface area (Å²) in [6.45, 7) is 6.27. The van der Waals surface area contributed by atoms with Crippen LogP contribution in [0.2, 0.25) is 0 Å². The van der Waals surface area contributed by atoms with Crippen LogP contribution in [-0.4, -0.2) is 84.2 Å². The van der Waals surface area contributed by atoms with Gasteiger partial charge < -0.3 is 19.8 Å². The first-order valence-electron chi connectivity index (χ1n) is 20.7. The summed E-state index contributed by atoms with van der Waals surface area (Å²) < 4.78 is 0. The molecule has 4 heterocycles. The summed E-state index contributed by atoms with van der Waals surface area (Å²) in [5, 5.41) is 0. The minimum absolute atomic E-state index is 0.00483. The Kier molecular flexibility index (Phi) is 9.96. The summed E-state index contributed by atoms with van der Waals surface area (Å²) in [7, 11) is 0.301. The standard InChI is InChI=1S/C45H55N6O2P2/c1-6-41(54-3)45(53)51-38-14-10-8-12-30(38)23-40(51)43-47-25-36(49-43)28-16-18-34-32(20-28)21-31-19-27(15-17-33(31)34)35-24-46-42(48-35)39-22-29-11-7-9-13-37(29)50(39)44(52)26(2)55(4)5/h15-20,24-26,29-30,37-41H,3-4,6-14,21-23H2,1-2,5H3,(H,46,48)(H,47,49)/q+1. The lowest BCUT2D eigenvalue weighted by molar-refractivity contribution is -0.135. The van der Waals surface area contributed by atoms with E-state index in [9.17, 15) is 9.59 Å². The zero-order chi connectivity index (χ0) is 38.0. The molecule has 2 amide bonds. The van der Waals surface area contributed by atoms with E-state index in [2.05, 4.69) is 89.3 Å². The third-order valence-corrected chi connectivity index (χ3v) is 16.5. The van der Waals surface area contributed by atoms with Crippen LogP contribution in [0.5, 0.6) is 0 Å². The molecule has 2 N–H and O–H groups in total. The predicted molar refractivity (Wildman–Crippen MR) is 227 cm³/mol. The van der Waals surface area contributed by atoms with E-state index in [1.807, 2.05) is 12.4 Å². The summed E-state index contributed by atoms with van der Waals surface area (Å²) in [4.78, 5) is 49.4. The Balaban J connectivity index is 0.940. The second kappa shape index (κ2) is 14.9. The van der Waals surface area contributed by atoms with Gasteiger partial charge in [-0.25, -0.2) is 9.97 Å². The van der Waals surface area contributed by atoms with E-state index in [-0.39, 0.29) is 35.2 Å². The molecule has 8 nitrogen and oxygen atoms in total. The molecule has 10 heteroatoms. The SMILES string of the molecule is C=PC(CC)C(=O)N1C(c2ncc(-c3ccc4c(c3)Cc3cc(-c5cnc(C6CC7CCCCC7N6C(=O)C(C)[P+](=C)C)[nH]5)ccc3-4)[nH]2)CC2CCCCC21. The zero-order valence-electron chi connectivity index (χ0n) is 32.6. The van der Waals surface area contributed by atoms with Crippen molar-refractivity contribution in [3.05, 3.63) is 71.6 Å². The Morgan fingerprint density at radius 1 is 0.818 bits per heavy atom. The van der Waals surface area contributed by atoms with Gasteiger partial charge in [0.25, 0.3) is 5.91 Å². The number of nitrogens with zero attached hydrogens (tertiary/aromatic N) is 4. The lowest BCUT2D eigenvalue weighted by Gasteiger charge is -2.35. The van der Waals surface area contributed by atoms with Gasteiger partial charge in [-0.15, -0.1) is 0 Å². The molecule has 2 aromatic heterocycles. The van der Waals surface area contributed by atoms with Crippen molar-refractivity contribution >= 4 is 40.2 Å². The molecular formula is C45H55N6O2P2+. The number of fused-ring (bicyclic) bond motifs is 5. The number of likely N-dealkylation sites (tertiary alicyclic amines) is 2. The highest BCUT2D eigenvalue weighted by Gasteiger charge is 2.49. The van der Waals surface area contributed by atoms with Gasteiger partial charge in [-0.05, 0) is 116 Å². The lowest BCUT2D eigenvalue weighted by Crippen LogP contribution is -2.44. The van der Waals surface area contributed by atoms with Crippen molar-refractivity contribution in [3.63, 3.8) is 0 Å². The first-order valence-corrected chi connectivity index (χ1v) is 23.9. The highest BCUT2D eigenvalue weighted by atomic mass is 31.1. The van der Waals surface area contributed by atoms with Crippen molar-refractivity contribution in [1.82, 2.24) is 29.7 Å². The maximum atomic E-state index is 13.9. The highest BCUT2D eigenvalue weighted by Crippen LogP contribution is 2.49. The fourth-order valence-electron chi connectivity index (χ4n) is 10.9. The van der Waals surface area contributed by atoms with E-state index in [0.29, 0.717) is 23.9 Å². The normalized spacial score (nSPS) is 27.0. The second-order valence-electron chi connectivity index (χ2n) is 17.0. The number of aromatic amines is 2. The van der Waals surface area contributed by atoms with Gasteiger partial charge in [-0.3, -0.25) is 9.59 Å². The summed E-state index contributed by atoms with van der Waals surface area (Å²) in [6, 6.07) is 14.2. The molecule has 0 radical (unpaired) electrons. The number of aromatic nitrogens is 4. The molecule has 55 heavy (non-hydrogen) atoms. The highest BCUT2D eigenvalue weighted by molar-refractivity contribution is 7.56. The van der Waals surface area contributed by atoms with Crippen molar-refractivity contribution in [1.29, 1.82) is 0 Å². The molecule has 3 aliphatic carbocycles. The van der Waals surface area contributed by atoms with Crippen LogP contribution >= 0.6 is 15.7 Å². The summed E-state index contributed by atoms with van der Waals surface area (Å²) in [5.41, 5.74) is 9.35. The van der Waals surface area contributed by atoms with Gasteiger partial charge in [-0.1, -0.05) is 71.4 Å². The molecule has 0 bridgehead atoms. The van der Waals surface area contributed by atoms with E-state index in [4.69, 9.17) is 9.97 Å². The molecule has 5 aliphatic rings. The maximum absolute atomic E-state index is 13.9. The molecule has 9 unspecified atom stereocenters. The van der Waals surface area contributed by atoms with Gasteiger partial charge in [0, 0.05) is 12.1 Å². The van der Waals surface area contributed by atoms with E-state index in [1.165, 1.54) is 60.8 Å². The third kappa shape index (κ3) is 6.46. The number of nitrogens with one attached hydrogen (secondary N) is 2. The fourth-order valence-corrected chi connectivity index (χ4v) is 11.9. The topological polar surface area (TPSA) is 98.0 Å². The Morgan fingerprint density at radius 2 is 1.31 bits per heavy atom. The average Bonchev–Trinajstić information content (AvgIpc) is 4.04. The molecule has 0 spiro atoms. The quantitative estimate of drug-likeness (QED) is 0.146. The number of benzene rings is 2. The minimum Gasteiger partial charge on any atom is -0.340 e. The van der Waals surface area contributed by atoms with Gasteiger partial charge in [0.05, 0.1) is 62.0 Å². The Bertz CT molecular complexity index is 2020. The van der Waals surface area contributed by atoms with Crippen LogP contribution in [0.3, 0.4) is 0 Å². The smallest absolute Gasteiger partial charge is 0.271 e. The number of rotatable bonds is 9. The predicted octanol–water partition coefficient (Wildman–Crippen LogP) is 9.79. The minimum atomic E-state index is -0.601. The first kappa shape index (κ1) is 36.8. The molecular weight excluding hydrogens is 718 g/mol. The zero-order valence-corrected chi connectivity index (χ0v) is 34.4. The summed E-state index contributed by atoms with van der Waals surface area (Å²) in [5.74, 6) is 3.44. The van der Waals surface area contributed by atoms with Crippen molar-refractivity contribution in [2.24, 2.45) is 11.8 Å². The number of hydrogen-bond acceptors (Lipinski definition) is 4. The Morgan fingerprint density at radius 3 is 1.78 bits per heavy atom. The third-order valence-electron chi connectivity index (χ3n) is 13.9. The molecule has 4 fully saturated rings. The van der Waals surface area contributed by atoms with Crippen LogP contribution in [-0.2, 0) is 16.0 Å². The van der Waals surface area contributed by atoms with E-state index in [1.54, 1.807) is 0 Å². The fraction of sp³-hybridized carbons (Fsp3) is 0.511. The first-order chi connectivity index (χ1) is 26.7. The van der Waals surface area contributed by atoms with Crippen LogP contribution in [0.25, 0.3) is 33.6 Å². The van der Waals surface area contributed by atoms with Crippen LogP contribution in [0, 0.1) is 11.8 Å². The van der Waals surface area contributed by atoms with E-state index in [0.717, 1.165) is 80.9 Å². The molecule has 4 aromatic rings. The van der Waals surface area contributed by atoms with Crippen molar-refractivity contribution in [2.45, 2.75) is 126 Å². The van der Waals surface area contributed by atoms with Crippen LogP contribution in [0.1, 0.15) is 119 Å². The molecule has 2 saturated heterocycles. The number of hydrogen-bond donors (Lipinski definition) is 2. The van der Waals surface area contributed by atoms with E-state index >= 15 is 0 Å². The van der Waals surface area contributed by atoms with Crippen molar-refractivity contribution in [3.8, 4) is 33.6 Å². The van der Waals surface area contributed by atoms with Gasteiger partial charge >= 0.3 is 0 Å². The summed E-state index contributed by atoms with van der Waals surface area (Å²) >= 11 is 0. The summed E-state index contributed by atoms with van der Waals surface area (Å²) in [6.07, 6.45) is 25.4.